The molecular weight excluding hydrogens is 478 g/mol. The fraction of sp³-hybridized carbons (Fsp3) is 0.423. The van der Waals surface area contributed by atoms with Gasteiger partial charge in [-0.2, -0.15) is 0 Å². The summed E-state index contributed by atoms with van der Waals surface area (Å²) in [5, 5.41) is 14.8. The van der Waals surface area contributed by atoms with Crippen LogP contribution in [0.15, 0.2) is 34.8 Å². The molecule has 2 aromatic heterocycles. The maximum atomic E-state index is 13.3. The predicted octanol–water partition coefficient (Wildman–Crippen LogP) is 2.04. The third-order valence-corrected chi connectivity index (χ3v) is 7.85. The molecule has 3 aliphatic heterocycles. The maximum Gasteiger partial charge on any atom is 0.260 e. The van der Waals surface area contributed by atoms with Gasteiger partial charge in [0.25, 0.3) is 5.91 Å². The van der Waals surface area contributed by atoms with Crippen molar-refractivity contribution in [3.05, 3.63) is 51.6 Å². The highest BCUT2D eigenvalue weighted by molar-refractivity contribution is 7.07. The number of imide groups is 1. The number of hydrogen-bond donors (Lipinski definition) is 2. The Morgan fingerprint density at radius 3 is 2.67 bits per heavy atom. The number of nitrogens with zero attached hydrogens (tertiary/aromatic N) is 4. The van der Waals surface area contributed by atoms with Crippen LogP contribution in [0.25, 0.3) is 12.2 Å². The number of piperidine rings is 2. The molecule has 0 aromatic carbocycles. The summed E-state index contributed by atoms with van der Waals surface area (Å²) in [4.78, 5) is 50.2. The predicted molar refractivity (Wildman–Crippen MR) is 137 cm³/mol. The van der Waals surface area contributed by atoms with Crippen molar-refractivity contribution < 1.29 is 19.5 Å². The van der Waals surface area contributed by atoms with E-state index >= 15 is 0 Å². The molecule has 36 heavy (non-hydrogen) atoms. The molecule has 0 saturated carbocycles. The van der Waals surface area contributed by atoms with Crippen LogP contribution in [0.5, 0.6) is 0 Å². The van der Waals surface area contributed by atoms with Gasteiger partial charge in [0.05, 0.1) is 16.6 Å². The average molecular weight is 508 g/mol. The van der Waals surface area contributed by atoms with E-state index in [1.165, 1.54) is 5.57 Å². The molecule has 0 radical (unpaired) electrons. The molecule has 9 nitrogen and oxygen atoms in total. The van der Waals surface area contributed by atoms with Crippen molar-refractivity contribution in [2.45, 2.75) is 32.1 Å². The van der Waals surface area contributed by atoms with Crippen molar-refractivity contribution in [3.63, 3.8) is 0 Å². The quantitative estimate of drug-likeness (QED) is 0.609. The summed E-state index contributed by atoms with van der Waals surface area (Å²) in [5.74, 6) is -0.724. The second-order valence-corrected chi connectivity index (χ2v) is 10.2. The molecule has 0 unspecified atom stereocenters. The molecule has 188 valence electrons. The monoisotopic (exact) mass is 507 g/mol. The van der Waals surface area contributed by atoms with Gasteiger partial charge >= 0.3 is 0 Å². The summed E-state index contributed by atoms with van der Waals surface area (Å²) in [7, 11) is 0. The number of amides is 3. The first-order valence-electron chi connectivity index (χ1n) is 12.2. The van der Waals surface area contributed by atoms with Gasteiger partial charge in [0.15, 0.2) is 0 Å². The minimum Gasteiger partial charge on any atom is -0.387 e. The van der Waals surface area contributed by atoms with Crippen molar-refractivity contribution in [1.82, 2.24) is 20.2 Å². The van der Waals surface area contributed by atoms with Crippen LogP contribution in [-0.2, 0) is 20.8 Å². The zero-order chi connectivity index (χ0) is 25.1. The van der Waals surface area contributed by atoms with Crippen LogP contribution >= 0.6 is 11.3 Å². The standard InChI is InChI=1S/C26H29N5O4S/c32-15-23(34)31-24-20(13-26(25(31)35)5-7-27-8-6-26)11-19(14-28-24)1-2-22(33)30-9-3-18(4-10-30)12-21-16-36-17-29-21/h1-2,11-12,14,16-17,27,32H,3-10,13,15H2/b2-1+. The van der Waals surface area contributed by atoms with E-state index in [-0.39, 0.29) is 17.6 Å². The number of aromatic nitrogens is 2. The molecule has 5 heterocycles. The number of likely N-dealkylation sites (tertiary alicyclic amines) is 1. The first-order chi connectivity index (χ1) is 17.5. The lowest BCUT2D eigenvalue weighted by atomic mass is 9.71. The fourth-order valence-corrected chi connectivity index (χ4v) is 5.76. The summed E-state index contributed by atoms with van der Waals surface area (Å²) in [6.07, 6.45) is 10.3. The van der Waals surface area contributed by atoms with Gasteiger partial charge in [-0.1, -0.05) is 5.57 Å². The Balaban J connectivity index is 1.30. The number of thiazole rings is 1. The maximum absolute atomic E-state index is 13.3. The van der Waals surface area contributed by atoms with Crippen LogP contribution in [0.1, 0.15) is 42.5 Å². The molecule has 2 N–H and O–H groups in total. The molecule has 2 aromatic rings. The van der Waals surface area contributed by atoms with Gasteiger partial charge in [0, 0.05) is 30.7 Å². The summed E-state index contributed by atoms with van der Waals surface area (Å²) in [6, 6.07) is 1.89. The van der Waals surface area contributed by atoms with Crippen LogP contribution in [0, 0.1) is 5.41 Å². The highest BCUT2D eigenvalue weighted by Crippen LogP contribution is 2.42. The van der Waals surface area contributed by atoms with E-state index < -0.39 is 17.9 Å². The number of hydrogen-bond acceptors (Lipinski definition) is 8. The summed E-state index contributed by atoms with van der Waals surface area (Å²) in [6.45, 7) is 1.96. The molecule has 3 amide bonds. The van der Waals surface area contributed by atoms with E-state index in [9.17, 15) is 19.5 Å². The largest absolute Gasteiger partial charge is 0.387 e. The first-order valence-corrected chi connectivity index (χ1v) is 13.2. The number of anilines is 1. The Hall–Kier alpha value is -3.21. The second-order valence-electron chi connectivity index (χ2n) is 9.53. The molecule has 2 saturated heterocycles. The molecule has 2 fully saturated rings. The molecule has 0 atom stereocenters. The molecule has 5 rings (SSSR count). The van der Waals surface area contributed by atoms with E-state index in [1.54, 1.807) is 29.7 Å². The van der Waals surface area contributed by atoms with Crippen molar-refractivity contribution in [3.8, 4) is 0 Å². The van der Waals surface area contributed by atoms with Gasteiger partial charge < -0.3 is 15.3 Å². The summed E-state index contributed by atoms with van der Waals surface area (Å²) >= 11 is 1.57. The van der Waals surface area contributed by atoms with Crippen molar-refractivity contribution >= 4 is 47.0 Å². The minimum atomic E-state index is -0.756. The van der Waals surface area contributed by atoms with Crippen molar-refractivity contribution in [2.24, 2.45) is 5.41 Å². The highest BCUT2D eigenvalue weighted by Gasteiger charge is 2.49. The van der Waals surface area contributed by atoms with Gasteiger partial charge in [0.1, 0.15) is 12.4 Å². The van der Waals surface area contributed by atoms with Crippen molar-refractivity contribution in [2.75, 3.05) is 37.7 Å². The Morgan fingerprint density at radius 2 is 1.97 bits per heavy atom. The first kappa shape index (κ1) is 24.5. The van der Waals surface area contributed by atoms with Gasteiger partial charge in [-0.3, -0.25) is 14.4 Å². The number of carbonyl (C=O) groups is 3. The van der Waals surface area contributed by atoms with Crippen molar-refractivity contribution in [1.29, 1.82) is 0 Å². The van der Waals surface area contributed by atoms with E-state index in [0.717, 1.165) is 34.6 Å². The minimum absolute atomic E-state index is 0.0532. The zero-order valence-corrected chi connectivity index (χ0v) is 20.8. The van der Waals surface area contributed by atoms with Crippen LogP contribution in [0.4, 0.5) is 5.82 Å². The lowest BCUT2D eigenvalue weighted by Crippen LogP contribution is -2.56. The number of nitrogens with one attached hydrogen (secondary N) is 1. The number of aliphatic hydroxyl groups is 1. The number of carbonyl (C=O) groups excluding carboxylic acids is 3. The van der Waals surface area contributed by atoms with E-state index in [2.05, 4.69) is 21.4 Å². The van der Waals surface area contributed by atoms with Gasteiger partial charge in [-0.15, -0.1) is 11.3 Å². The highest BCUT2D eigenvalue weighted by atomic mass is 32.1. The lowest BCUT2D eigenvalue weighted by Gasteiger charge is -2.43. The topological polar surface area (TPSA) is 116 Å². The Labute approximate surface area is 213 Å². The van der Waals surface area contributed by atoms with Crippen LogP contribution in [0.3, 0.4) is 0 Å². The fourth-order valence-electron chi connectivity index (χ4n) is 5.25. The van der Waals surface area contributed by atoms with E-state index in [4.69, 9.17) is 0 Å². The Morgan fingerprint density at radius 1 is 1.19 bits per heavy atom. The SMILES string of the molecule is O=C(/C=C/c1cnc2c(c1)CC1(CCNCC1)C(=O)N2C(=O)CO)N1CCC(=Cc2cscn2)CC1. The van der Waals surface area contributed by atoms with E-state index in [0.29, 0.717) is 45.4 Å². The van der Waals surface area contributed by atoms with Crippen LogP contribution in [-0.4, -0.2) is 70.5 Å². The summed E-state index contributed by atoms with van der Waals surface area (Å²) in [5.41, 5.74) is 4.93. The molecule has 1 spiro atoms. The Kier molecular flexibility index (Phi) is 7.08. The lowest BCUT2D eigenvalue weighted by molar-refractivity contribution is -0.136. The van der Waals surface area contributed by atoms with E-state index in [1.807, 2.05) is 21.9 Å². The summed E-state index contributed by atoms with van der Waals surface area (Å²) < 4.78 is 0. The number of rotatable bonds is 4. The van der Waals surface area contributed by atoms with Gasteiger partial charge in [0.2, 0.25) is 11.8 Å². The third kappa shape index (κ3) is 4.88. The average Bonchev–Trinajstić information content (AvgIpc) is 3.42. The molecule has 10 heteroatoms. The van der Waals surface area contributed by atoms with Gasteiger partial charge in [-0.25, -0.2) is 14.9 Å². The number of aliphatic hydroxyl groups excluding tert-OH is 1. The Bertz CT molecular complexity index is 1210. The van der Waals surface area contributed by atoms with Gasteiger partial charge in [-0.05, 0) is 74.5 Å². The smallest absolute Gasteiger partial charge is 0.260 e. The molecular formula is C26H29N5O4S. The van der Waals surface area contributed by atoms with Crippen LogP contribution in [0.2, 0.25) is 0 Å². The zero-order valence-electron chi connectivity index (χ0n) is 20.0. The molecule has 3 aliphatic rings. The third-order valence-electron chi connectivity index (χ3n) is 7.25. The number of pyridine rings is 1. The molecule has 0 bridgehead atoms. The molecule has 0 aliphatic carbocycles. The normalized spacial score (nSPS) is 19.6. The second kappa shape index (κ2) is 10.4. The number of fused-ring (bicyclic) bond motifs is 1. The van der Waals surface area contributed by atoms with Crippen LogP contribution < -0.4 is 10.2 Å².